The molecule has 1 aromatic rings. The van der Waals surface area contributed by atoms with Crippen molar-refractivity contribution in [2.24, 2.45) is 0 Å². The molecule has 2 fully saturated rings. The van der Waals surface area contributed by atoms with Gasteiger partial charge in [0.25, 0.3) is 0 Å². The van der Waals surface area contributed by atoms with Gasteiger partial charge in [0, 0.05) is 13.1 Å². The summed E-state index contributed by atoms with van der Waals surface area (Å²) in [6, 6.07) is 4.59. The van der Waals surface area contributed by atoms with E-state index < -0.39 is 36.3 Å². The maximum Gasteiger partial charge on any atom is 0.414 e. The van der Waals surface area contributed by atoms with Crippen LogP contribution < -0.4 is 15.1 Å². The van der Waals surface area contributed by atoms with Crippen molar-refractivity contribution in [2.75, 3.05) is 56.3 Å². The Hall–Kier alpha value is -2.88. The molecule has 0 spiro atoms. The summed E-state index contributed by atoms with van der Waals surface area (Å²) < 4.78 is 29.4. The number of hydrogen-bond donors (Lipinski definition) is 1. The molecule has 10 heteroatoms. The van der Waals surface area contributed by atoms with Gasteiger partial charge in [0.2, 0.25) is 5.91 Å². The van der Waals surface area contributed by atoms with E-state index >= 15 is 0 Å². The van der Waals surface area contributed by atoms with E-state index in [2.05, 4.69) is 10.1 Å². The minimum atomic E-state index is -0.654. The molecule has 0 radical (unpaired) electrons. The van der Waals surface area contributed by atoms with Crippen molar-refractivity contribution in [2.45, 2.75) is 12.5 Å². The Morgan fingerprint density at radius 2 is 2.07 bits per heavy atom. The smallest absolute Gasteiger partial charge is 0.414 e. The lowest BCUT2D eigenvalue weighted by Crippen LogP contribution is -2.37. The second-order valence-electron chi connectivity index (χ2n) is 6.41. The van der Waals surface area contributed by atoms with E-state index in [-0.39, 0.29) is 13.1 Å². The third-order valence-electron chi connectivity index (χ3n) is 4.53. The number of anilines is 2. The van der Waals surface area contributed by atoms with Crippen molar-refractivity contribution in [3.8, 4) is 0 Å². The van der Waals surface area contributed by atoms with Crippen molar-refractivity contribution >= 4 is 29.3 Å². The fourth-order valence-corrected chi connectivity index (χ4v) is 3.06. The van der Waals surface area contributed by atoms with Crippen LogP contribution in [0.25, 0.3) is 0 Å². The predicted octanol–water partition coefficient (Wildman–Crippen LogP) is 0.667. The Labute approximate surface area is 161 Å². The molecular weight excluding hydrogens is 373 g/mol. The van der Waals surface area contributed by atoms with Crippen molar-refractivity contribution < 1.29 is 33.0 Å². The van der Waals surface area contributed by atoms with Gasteiger partial charge in [0.1, 0.15) is 18.3 Å². The summed E-state index contributed by atoms with van der Waals surface area (Å²) in [5, 5.41) is 2.51. The number of rotatable bonds is 6. The number of carbonyl (C=O) groups excluding carboxylic acids is 3. The number of methoxy groups -OCH3 is 1. The van der Waals surface area contributed by atoms with Crippen molar-refractivity contribution in [3.63, 3.8) is 0 Å². The highest BCUT2D eigenvalue weighted by Gasteiger charge is 2.33. The molecule has 0 saturated carbocycles. The molecule has 1 N–H and O–H groups in total. The topological polar surface area (TPSA) is 97.4 Å². The third kappa shape index (κ3) is 4.69. The highest BCUT2D eigenvalue weighted by Crippen LogP contribution is 2.28. The number of benzene rings is 1. The monoisotopic (exact) mass is 395 g/mol. The second-order valence-corrected chi connectivity index (χ2v) is 6.41. The molecule has 1 unspecified atom stereocenters. The molecule has 28 heavy (non-hydrogen) atoms. The minimum absolute atomic E-state index is 0.0480. The Morgan fingerprint density at radius 1 is 1.32 bits per heavy atom. The number of hydrogen-bond acceptors (Lipinski definition) is 7. The summed E-state index contributed by atoms with van der Waals surface area (Å²) in [6.07, 6.45) is -1.63. The Balaban J connectivity index is 1.58. The van der Waals surface area contributed by atoms with Crippen LogP contribution in [0.2, 0.25) is 0 Å². The predicted molar refractivity (Wildman–Crippen MR) is 96.7 cm³/mol. The van der Waals surface area contributed by atoms with Gasteiger partial charge < -0.3 is 24.4 Å². The van der Waals surface area contributed by atoms with Gasteiger partial charge in [-0.25, -0.2) is 9.18 Å². The van der Waals surface area contributed by atoms with Gasteiger partial charge in [-0.05, 0) is 18.2 Å². The molecule has 0 aliphatic carbocycles. The van der Waals surface area contributed by atoms with E-state index in [1.54, 1.807) is 12.1 Å². The molecule has 2 aliphatic heterocycles. The molecule has 3 rings (SSSR count). The normalized spacial score (nSPS) is 19.4. The number of esters is 1. The number of cyclic esters (lactones) is 1. The lowest BCUT2D eigenvalue weighted by Gasteiger charge is -2.29. The first kappa shape index (κ1) is 19.9. The quantitative estimate of drug-likeness (QED) is 0.558. The Bertz CT molecular complexity index is 753. The second kappa shape index (κ2) is 8.87. The number of nitrogens with zero attached hydrogens (tertiary/aromatic N) is 2. The molecule has 9 nitrogen and oxygen atoms in total. The number of carbonyl (C=O) groups is 3. The van der Waals surface area contributed by atoms with E-state index in [1.807, 2.05) is 4.90 Å². The van der Waals surface area contributed by atoms with E-state index in [4.69, 9.17) is 9.47 Å². The fraction of sp³-hybridized carbons (Fsp3) is 0.500. The van der Waals surface area contributed by atoms with Crippen LogP contribution >= 0.6 is 0 Å². The highest BCUT2D eigenvalue weighted by atomic mass is 19.1. The molecule has 2 saturated heterocycles. The van der Waals surface area contributed by atoms with Crippen LogP contribution in [0, 0.1) is 5.82 Å². The SMILES string of the molecule is COC(=O)CC(=O)NCC1CN(c2ccc(N3CCOCC3)c(F)c2)C(=O)O1. The maximum atomic E-state index is 14.6. The molecule has 2 amide bonds. The highest BCUT2D eigenvalue weighted by molar-refractivity contribution is 5.94. The summed E-state index contributed by atoms with van der Waals surface area (Å²) in [7, 11) is 1.19. The first-order valence-corrected chi connectivity index (χ1v) is 8.92. The average Bonchev–Trinajstić information content (AvgIpc) is 3.07. The van der Waals surface area contributed by atoms with E-state index in [9.17, 15) is 18.8 Å². The lowest BCUT2D eigenvalue weighted by atomic mass is 10.2. The van der Waals surface area contributed by atoms with Gasteiger partial charge in [0.05, 0.1) is 44.8 Å². The fourth-order valence-electron chi connectivity index (χ4n) is 3.06. The number of halogens is 1. The first-order valence-electron chi connectivity index (χ1n) is 8.92. The third-order valence-corrected chi connectivity index (χ3v) is 4.53. The number of ether oxygens (including phenoxy) is 3. The average molecular weight is 395 g/mol. The molecule has 1 atom stereocenters. The Morgan fingerprint density at radius 3 is 2.75 bits per heavy atom. The Kier molecular flexibility index (Phi) is 6.30. The molecule has 0 aromatic heterocycles. The zero-order chi connectivity index (χ0) is 20.1. The molecule has 0 bridgehead atoms. The van der Waals surface area contributed by atoms with Gasteiger partial charge in [0.15, 0.2) is 0 Å². The van der Waals surface area contributed by atoms with Crippen LogP contribution in [0.15, 0.2) is 18.2 Å². The summed E-state index contributed by atoms with van der Waals surface area (Å²) in [5.74, 6) is -1.61. The summed E-state index contributed by atoms with van der Waals surface area (Å²) >= 11 is 0. The van der Waals surface area contributed by atoms with Crippen molar-refractivity contribution in [1.29, 1.82) is 0 Å². The zero-order valence-electron chi connectivity index (χ0n) is 15.5. The summed E-state index contributed by atoms with van der Waals surface area (Å²) in [4.78, 5) is 38.0. The molecule has 1 aromatic carbocycles. The van der Waals surface area contributed by atoms with Gasteiger partial charge in [-0.3, -0.25) is 14.5 Å². The van der Waals surface area contributed by atoms with E-state index in [0.717, 1.165) is 0 Å². The number of amides is 2. The molecule has 2 heterocycles. The molecular formula is C18H22FN3O6. The zero-order valence-corrected chi connectivity index (χ0v) is 15.5. The van der Waals surface area contributed by atoms with Gasteiger partial charge in [-0.2, -0.15) is 0 Å². The van der Waals surface area contributed by atoms with Gasteiger partial charge in [-0.15, -0.1) is 0 Å². The van der Waals surface area contributed by atoms with Crippen molar-refractivity contribution in [3.05, 3.63) is 24.0 Å². The molecule has 2 aliphatic rings. The number of nitrogens with one attached hydrogen (secondary N) is 1. The van der Waals surface area contributed by atoms with Crippen LogP contribution in [0.4, 0.5) is 20.6 Å². The van der Waals surface area contributed by atoms with Crippen LogP contribution in [-0.4, -0.2) is 70.6 Å². The van der Waals surface area contributed by atoms with Crippen LogP contribution in [0.5, 0.6) is 0 Å². The summed E-state index contributed by atoms with van der Waals surface area (Å²) in [5.41, 5.74) is 0.842. The maximum absolute atomic E-state index is 14.6. The first-order chi connectivity index (χ1) is 13.5. The largest absolute Gasteiger partial charge is 0.469 e. The van der Waals surface area contributed by atoms with Gasteiger partial charge >= 0.3 is 12.1 Å². The summed E-state index contributed by atoms with van der Waals surface area (Å²) in [6.45, 7) is 2.51. The van der Waals surface area contributed by atoms with E-state index in [0.29, 0.717) is 37.7 Å². The van der Waals surface area contributed by atoms with Crippen LogP contribution in [0.3, 0.4) is 0 Å². The number of morpholine rings is 1. The van der Waals surface area contributed by atoms with Gasteiger partial charge in [-0.1, -0.05) is 0 Å². The minimum Gasteiger partial charge on any atom is -0.469 e. The standard InChI is InChI=1S/C18H22FN3O6/c1-26-17(24)9-16(23)20-10-13-11-22(18(25)28-13)12-2-3-15(14(19)8-12)21-4-6-27-7-5-21/h2-3,8,13H,4-7,9-11H2,1H3,(H,20,23). The molecule has 152 valence electrons. The van der Waals surface area contributed by atoms with Crippen LogP contribution in [-0.2, 0) is 23.8 Å². The van der Waals surface area contributed by atoms with Crippen LogP contribution in [0.1, 0.15) is 6.42 Å². The lowest BCUT2D eigenvalue weighted by molar-refractivity contribution is -0.143. The van der Waals surface area contributed by atoms with Crippen molar-refractivity contribution in [1.82, 2.24) is 5.32 Å². The van der Waals surface area contributed by atoms with E-state index in [1.165, 1.54) is 18.1 Å².